The Kier molecular flexibility index (Phi) is 6.01. The van der Waals surface area contributed by atoms with Crippen molar-refractivity contribution in [1.82, 2.24) is 19.7 Å². The molecule has 6 nitrogen and oxygen atoms in total. The highest BCUT2D eigenvalue weighted by molar-refractivity contribution is 7.71. The predicted molar refractivity (Wildman–Crippen MR) is 108 cm³/mol. The number of benzene rings is 2. The molecule has 8 heteroatoms. The minimum Gasteiger partial charge on any atom is -0.355 e. The van der Waals surface area contributed by atoms with Crippen molar-refractivity contribution in [3.63, 3.8) is 0 Å². The number of nitrogens with zero attached hydrogens (tertiary/aromatic N) is 3. The van der Waals surface area contributed by atoms with E-state index in [1.165, 1.54) is 6.07 Å². The Morgan fingerprint density at radius 2 is 1.89 bits per heavy atom. The number of rotatable bonds is 6. The van der Waals surface area contributed by atoms with Gasteiger partial charge in [-0.3, -0.25) is 4.79 Å². The van der Waals surface area contributed by atoms with E-state index in [0.717, 1.165) is 17.0 Å². The minimum atomic E-state index is -0.324. The van der Waals surface area contributed by atoms with Crippen LogP contribution in [0.2, 0.25) is 0 Å². The Labute approximate surface area is 168 Å². The first-order valence-corrected chi connectivity index (χ1v) is 9.32. The molecule has 0 bridgehead atoms. The maximum Gasteiger partial charge on any atom is 0.251 e. The SMILES string of the molecule is CNC(=O)c1ccc(C[NH+](C)Cn2nc(-c3ccccc3F)n(C)c2=S)cc1. The molecule has 2 N–H and O–H groups in total. The van der Waals surface area contributed by atoms with Crippen molar-refractivity contribution in [2.75, 3.05) is 14.1 Å². The van der Waals surface area contributed by atoms with Crippen molar-refractivity contribution in [3.05, 3.63) is 70.2 Å². The van der Waals surface area contributed by atoms with Crippen molar-refractivity contribution >= 4 is 18.1 Å². The largest absolute Gasteiger partial charge is 0.355 e. The van der Waals surface area contributed by atoms with E-state index in [-0.39, 0.29) is 11.7 Å². The third-order valence-corrected chi connectivity index (χ3v) is 5.01. The lowest BCUT2D eigenvalue weighted by molar-refractivity contribution is -0.917. The molecule has 0 fully saturated rings. The summed E-state index contributed by atoms with van der Waals surface area (Å²) in [6.07, 6.45) is 0. The second-order valence-corrected chi connectivity index (χ2v) is 7.08. The van der Waals surface area contributed by atoms with Crippen LogP contribution in [-0.2, 0) is 20.3 Å². The van der Waals surface area contributed by atoms with Gasteiger partial charge < -0.3 is 14.8 Å². The van der Waals surface area contributed by atoms with Crippen LogP contribution >= 0.6 is 12.2 Å². The number of quaternary nitrogens is 1. The van der Waals surface area contributed by atoms with Gasteiger partial charge in [0.05, 0.1) is 12.6 Å². The molecule has 3 aromatic rings. The van der Waals surface area contributed by atoms with Gasteiger partial charge in [0.2, 0.25) is 4.77 Å². The molecule has 1 amide bonds. The molecule has 146 valence electrons. The van der Waals surface area contributed by atoms with Crippen LogP contribution in [0.4, 0.5) is 4.39 Å². The first kappa shape index (κ1) is 19.9. The van der Waals surface area contributed by atoms with Gasteiger partial charge in [0.15, 0.2) is 12.5 Å². The predicted octanol–water partition coefficient (Wildman–Crippen LogP) is 1.79. The first-order valence-electron chi connectivity index (χ1n) is 8.91. The molecular weight excluding hydrogens is 377 g/mol. The number of halogens is 1. The number of amides is 1. The lowest BCUT2D eigenvalue weighted by Crippen LogP contribution is -3.07. The molecule has 1 atom stereocenters. The lowest BCUT2D eigenvalue weighted by Gasteiger charge is -2.14. The van der Waals surface area contributed by atoms with Gasteiger partial charge in [-0.25, -0.2) is 4.39 Å². The summed E-state index contributed by atoms with van der Waals surface area (Å²) in [5, 5.41) is 7.14. The molecule has 3 rings (SSSR count). The summed E-state index contributed by atoms with van der Waals surface area (Å²) >= 11 is 5.48. The summed E-state index contributed by atoms with van der Waals surface area (Å²) in [5.41, 5.74) is 2.16. The molecule has 0 radical (unpaired) electrons. The maximum absolute atomic E-state index is 14.1. The van der Waals surface area contributed by atoms with Crippen LogP contribution in [0.3, 0.4) is 0 Å². The quantitative estimate of drug-likeness (QED) is 0.621. The number of hydrogen-bond donors (Lipinski definition) is 2. The van der Waals surface area contributed by atoms with E-state index in [9.17, 15) is 9.18 Å². The molecule has 1 heterocycles. The number of hydrogen-bond acceptors (Lipinski definition) is 3. The van der Waals surface area contributed by atoms with Gasteiger partial charge in [-0.2, -0.15) is 4.68 Å². The van der Waals surface area contributed by atoms with Crippen LogP contribution in [0.25, 0.3) is 11.4 Å². The van der Waals surface area contributed by atoms with E-state index in [4.69, 9.17) is 12.2 Å². The van der Waals surface area contributed by atoms with Crippen LogP contribution in [0.5, 0.6) is 0 Å². The van der Waals surface area contributed by atoms with Crippen molar-refractivity contribution in [2.45, 2.75) is 13.2 Å². The Balaban J connectivity index is 1.75. The van der Waals surface area contributed by atoms with Gasteiger partial charge in [-0.05, 0) is 36.5 Å². The van der Waals surface area contributed by atoms with Crippen molar-refractivity contribution < 1.29 is 14.1 Å². The van der Waals surface area contributed by atoms with Gasteiger partial charge in [0, 0.05) is 25.2 Å². The maximum atomic E-state index is 14.1. The molecular formula is C20H23FN5OS+. The third kappa shape index (κ3) is 4.18. The average molecular weight is 401 g/mol. The summed E-state index contributed by atoms with van der Waals surface area (Å²) < 4.78 is 18.1. The molecule has 0 saturated heterocycles. The fourth-order valence-electron chi connectivity index (χ4n) is 3.05. The van der Waals surface area contributed by atoms with Crippen molar-refractivity contribution in [1.29, 1.82) is 0 Å². The number of carbonyl (C=O) groups excluding carboxylic acids is 1. The Bertz CT molecular complexity index is 1040. The zero-order valence-electron chi connectivity index (χ0n) is 16.1. The Morgan fingerprint density at radius 3 is 2.54 bits per heavy atom. The van der Waals surface area contributed by atoms with Gasteiger partial charge in [-0.15, -0.1) is 5.10 Å². The normalized spacial score (nSPS) is 12.0. The lowest BCUT2D eigenvalue weighted by atomic mass is 10.1. The molecule has 0 saturated carbocycles. The highest BCUT2D eigenvalue weighted by atomic mass is 32.1. The van der Waals surface area contributed by atoms with Crippen molar-refractivity contribution in [2.24, 2.45) is 7.05 Å². The summed E-state index contributed by atoms with van der Waals surface area (Å²) in [5.74, 6) is 0.0770. The Morgan fingerprint density at radius 1 is 1.21 bits per heavy atom. The van der Waals surface area contributed by atoms with E-state index in [2.05, 4.69) is 10.4 Å². The van der Waals surface area contributed by atoms with E-state index in [0.29, 0.717) is 28.4 Å². The topological polar surface area (TPSA) is 56.3 Å². The molecule has 2 aromatic carbocycles. The van der Waals surface area contributed by atoms with Crippen LogP contribution < -0.4 is 10.2 Å². The highest BCUT2D eigenvalue weighted by Gasteiger charge is 2.15. The summed E-state index contributed by atoms with van der Waals surface area (Å²) in [4.78, 5) is 12.8. The summed E-state index contributed by atoms with van der Waals surface area (Å²) in [7, 11) is 5.44. The fourth-order valence-corrected chi connectivity index (χ4v) is 3.24. The second kappa shape index (κ2) is 8.45. The van der Waals surface area contributed by atoms with E-state index >= 15 is 0 Å². The molecule has 1 aromatic heterocycles. The van der Waals surface area contributed by atoms with Gasteiger partial charge >= 0.3 is 0 Å². The summed E-state index contributed by atoms with van der Waals surface area (Å²) in [6, 6.07) is 14.0. The first-order chi connectivity index (χ1) is 13.4. The fraction of sp³-hybridized carbons (Fsp3) is 0.250. The smallest absolute Gasteiger partial charge is 0.251 e. The molecule has 0 spiro atoms. The van der Waals surface area contributed by atoms with Crippen LogP contribution in [0.1, 0.15) is 15.9 Å². The molecule has 1 unspecified atom stereocenters. The van der Waals surface area contributed by atoms with E-state index < -0.39 is 0 Å². The summed E-state index contributed by atoms with van der Waals surface area (Å²) in [6.45, 7) is 1.28. The zero-order valence-corrected chi connectivity index (χ0v) is 16.9. The molecule has 28 heavy (non-hydrogen) atoms. The Hall–Kier alpha value is -2.84. The average Bonchev–Trinajstić information content (AvgIpc) is 2.96. The number of carbonyl (C=O) groups is 1. The molecule has 0 aliphatic heterocycles. The van der Waals surface area contributed by atoms with Crippen LogP contribution in [-0.4, -0.2) is 34.4 Å². The molecule has 0 aliphatic rings. The van der Waals surface area contributed by atoms with E-state index in [1.807, 2.05) is 31.3 Å². The second-order valence-electron chi connectivity index (χ2n) is 6.71. The van der Waals surface area contributed by atoms with Crippen LogP contribution in [0.15, 0.2) is 48.5 Å². The number of nitrogens with one attached hydrogen (secondary N) is 2. The van der Waals surface area contributed by atoms with Gasteiger partial charge in [-0.1, -0.05) is 24.3 Å². The standard InChI is InChI=1S/C20H22FN5OS/c1-22-19(27)15-10-8-14(9-11-15)12-24(2)13-26-20(28)25(3)18(23-26)16-6-4-5-7-17(16)21/h4-11H,12-13H2,1-3H3,(H,22,27)/p+1. The van der Waals surface area contributed by atoms with Gasteiger partial charge in [0.1, 0.15) is 12.4 Å². The van der Waals surface area contributed by atoms with E-state index in [1.54, 1.807) is 41.5 Å². The van der Waals surface area contributed by atoms with Crippen molar-refractivity contribution in [3.8, 4) is 11.4 Å². The zero-order chi connectivity index (χ0) is 20.3. The molecule has 0 aliphatic carbocycles. The monoisotopic (exact) mass is 400 g/mol. The number of aromatic nitrogens is 3. The van der Waals surface area contributed by atoms with Gasteiger partial charge in [0.25, 0.3) is 5.91 Å². The van der Waals surface area contributed by atoms with Crippen LogP contribution in [0, 0.1) is 10.6 Å². The third-order valence-electron chi connectivity index (χ3n) is 4.52. The minimum absolute atomic E-state index is 0.104. The highest BCUT2D eigenvalue weighted by Crippen LogP contribution is 2.20.